The summed E-state index contributed by atoms with van der Waals surface area (Å²) < 4.78 is 13.4. The van der Waals surface area contributed by atoms with Crippen molar-refractivity contribution in [2.24, 2.45) is 0 Å². The molecule has 9 heteroatoms. The van der Waals surface area contributed by atoms with Crippen LogP contribution in [0.1, 0.15) is 22.8 Å². The summed E-state index contributed by atoms with van der Waals surface area (Å²) in [4.78, 5) is 39.3. The number of nitrogens with one attached hydrogen (secondary N) is 3. The van der Waals surface area contributed by atoms with Gasteiger partial charge in [-0.15, -0.1) is 11.8 Å². The summed E-state index contributed by atoms with van der Waals surface area (Å²) in [6.45, 7) is 1.79. The van der Waals surface area contributed by atoms with E-state index in [1.54, 1.807) is 85.8 Å². The van der Waals surface area contributed by atoms with Crippen molar-refractivity contribution in [1.82, 2.24) is 5.32 Å². The van der Waals surface area contributed by atoms with Crippen molar-refractivity contribution in [2.75, 3.05) is 10.6 Å². The Morgan fingerprint density at radius 1 is 0.825 bits per heavy atom. The van der Waals surface area contributed by atoms with Crippen LogP contribution in [0.3, 0.4) is 0 Å². The lowest BCUT2D eigenvalue weighted by Crippen LogP contribution is -2.30. The Kier molecular flexibility index (Phi) is 9.72. The minimum atomic E-state index is -0.554. The van der Waals surface area contributed by atoms with Gasteiger partial charge in [-0.1, -0.05) is 54.1 Å². The lowest BCUT2D eigenvalue weighted by Gasteiger charge is -2.14. The Labute approximate surface area is 240 Å². The molecule has 0 saturated carbocycles. The van der Waals surface area contributed by atoms with Gasteiger partial charge in [-0.25, -0.2) is 4.39 Å². The third kappa shape index (κ3) is 8.05. The first-order valence-electron chi connectivity index (χ1n) is 12.3. The average Bonchev–Trinajstić information content (AvgIpc) is 2.96. The van der Waals surface area contributed by atoms with E-state index in [9.17, 15) is 18.8 Å². The van der Waals surface area contributed by atoms with E-state index in [1.165, 1.54) is 42.1 Å². The summed E-state index contributed by atoms with van der Waals surface area (Å²) >= 11 is 7.48. The maximum Gasteiger partial charge on any atom is 0.272 e. The number of amides is 3. The molecule has 1 atom stereocenters. The largest absolute Gasteiger partial charge is 0.324 e. The molecular weight excluding hydrogens is 549 g/mol. The quantitative estimate of drug-likeness (QED) is 0.148. The van der Waals surface area contributed by atoms with Crippen molar-refractivity contribution in [3.63, 3.8) is 0 Å². The Hall–Kier alpha value is -4.40. The van der Waals surface area contributed by atoms with Gasteiger partial charge >= 0.3 is 0 Å². The maximum absolute atomic E-state index is 13.4. The predicted molar refractivity (Wildman–Crippen MR) is 159 cm³/mol. The summed E-state index contributed by atoms with van der Waals surface area (Å²) in [7, 11) is 0. The molecule has 3 amide bonds. The highest BCUT2D eigenvalue weighted by Crippen LogP contribution is 2.27. The van der Waals surface area contributed by atoms with Gasteiger partial charge in [0.25, 0.3) is 11.8 Å². The molecule has 40 heavy (non-hydrogen) atoms. The molecule has 0 radical (unpaired) electrons. The summed E-state index contributed by atoms with van der Waals surface area (Å²) in [5, 5.41) is 8.29. The predicted octanol–water partition coefficient (Wildman–Crippen LogP) is 7.01. The highest BCUT2D eigenvalue weighted by atomic mass is 35.5. The zero-order valence-electron chi connectivity index (χ0n) is 21.4. The highest BCUT2D eigenvalue weighted by molar-refractivity contribution is 8.00. The molecule has 0 heterocycles. The number of carbonyl (C=O) groups excluding carboxylic acids is 3. The fourth-order valence-electron chi connectivity index (χ4n) is 3.54. The number of benzene rings is 4. The molecular formula is C31H25ClFN3O3S. The van der Waals surface area contributed by atoms with E-state index in [0.29, 0.717) is 27.5 Å². The Morgan fingerprint density at radius 3 is 2.15 bits per heavy atom. The summed E-state index contributed by atoms with van der Waals surface area (Å²) in [5.74, 6) is -1.62. The second-order valence-electron chi connectivity index (χ2n) is 8.64. The van der Waals surface area contributed by atoms with Crippen molar-refractivity contribution >= 4 is 58.5 Å². The van der Waals surface area contributed by atoms with Crippen LogP contribution in [0.15, 0.2) is 114 Å². The second kappa shape index (κ2) is 13.6. The third-order valence-corrected chi connectivity index (χ3v) is 7.08. The summed E-state index contributed by atoms with van der Waals surface area (Å²) in [6, 6.07) is 28.0. The zero-order chi connectivity index (χ0) is 28.5. The molecule has 1 unspecified atom stereocenters. The first-order valence-corrected chi connectivity index (χ1v) is 13.5. The molecule has 4 aromatic rings. The number of hydrogen-bond acceptors (Lipinski definition) is 4. The van der Waals surface area contributed by atoms with E-state index in [2.05, 4.69) is 16.0 Å². The van der Waals surface area contributed by atoms with Crippen molar-refractivity contribution in [3.05, 3.63) is 131 Å². The first kappa shape index (κ1) is 28.6. The van der Waals surface area contributed by atoms with Gasteiger partial charge in [-0.05, 0) is 79.2 Å². The fraction of sp³-hybridized carbons (Fsp3) is 0.0645. The lowest BCUT2D eigenvalue weighted by molar-refractivity contribution is -0.115. The monoisotopic (exact) mass is 573 g/mol. The smallest absolute Gasteiger partial charge is 0.272 e. The van der Waals surface area contributed by atoms with Gasteiger partial charge in [0.2, 0.25) is 5.91 Å². The Balaban J connectivity index is 1.43. The van der Waals surface area contributed by atoms with E-state index in [0.717, 1.165) is 4.90 Å². The molecule has 3 N–H and O–H groups in total. The number of hydrogen-bond donors (Lipinski definition) is 3. The Morgan fingerprint density at radius 2 is 1.48 bits per heavy atom. The molecule has 0 aliphatic carbocycles. The SMILES string of the molecule is CC(Sc1ccc(NC(=O)/C(=C/c2ccc(F)cc2)NC(=O)c2ccccc2)cc1)C(=O)Nc1ccccc1Cl. The molecule has 6 nitrogen and oxygen atoms in total. The van der Waals surface area contributed by atoms with Crippen LogP contribution in [0.25, 0.3) is 6.08 Å². The van der Waals surface area contributed by atoms with Gasteiger partial charge in [0, 0.05) is 16.1 Å². The fourth-order valence-corrected chi connectivity index (χ4v) is 4.59. The number of rotatable bonds is 9. The van der Waals surface area contributed by atoms with Crippen molar-refractivity contribution in [2.45, 2.75) is 17.1 Å². The summed E-state index contributed by atoms with van der Waals surface area (Å²) in [5.41, 5.74) is 1.94. The van der Waals surface area contributed by atoms with Crippen LogP contribution < -0.4 is 16.0 Å². The van der Waals surface area contributed by atoms with E-state index in [-0.39, 0.29) is 11.6 Å². The maximum atomic E-state index is 13.4. The molecule has 4 rings (SSSR count). The van der Waals surface area contributed by atoms with Crippen LogP contribution in [0.2, 0.25) is 5.02 Å². The molecule has 0 aromatic heterocycles. The normalized spacial score (nSPS) is 11.8. The average molecular weight is 574 g/mol. The number of thioether (sulfide) groups is 1. The number of anilines is 2. The molecule has 0 bridgehead atoms. The zero-order valence-corrected chi connectivity index (χ0v) is 22.9. The molecule has 202 valence electrons. The van der Waals surface area contributed by atoms with Crippen LogP contribution >= 0.6 is 23.4 Å². The van der Waals surface area contributed by atoms with E-state index in [1.807, 2.05) is 0 Å². The molecule has 4 aromatic carbocycles. The highest BCUT2D eigenvalue weighted by Gasteiger charge is 2.17. The number of halogens is 2. The van der Waals surface area contributed by atoms with Gasteiger partial charge in [0.15, 0.2) is 0 Å². The summed E-state index contributed by atoms with van der Waals surface area (Å²) in [6.07, 6.45) is 1.47. The van der Waals surface area contributed by atoms with Crippen LogP contribution in [-0.2, 0) is 9.59 Å². The van der Waals surface area contributed by atoms with Crippen molar-refractivity contribution in [3.8, 4) is 0 Å². The second-order valence-corrected chi connectivity index (χ2v) is 10.5. The first-order chi connectivity index (χ1) is 19.3. The van der Waals surface area contributed by atoms with Crippen LogP contribution in [0.4, 0.5) is 15.8 Å². The van der Waals surface area contributed by atoms with E-state index in [4.69, 9.17) is 11.6 Å². The van der Waals surface area contributed by atoms with Crippen LogP contribution in [0, 0.1) is 5.82 Å². The molecule has 0 aliphatic heterocycles. The third-order valence-electron chi connectivity index (χ3n) is 5.64. The van der Waals surface area contributed by atoms with Gasteiger partial charge in [0.1, 0.15) is 11.5 Å². The van der Waals surface area contributed by atoms with Crippen LogP contribution in [-0.4, -0.2) is 23.0 Å². The van der Waals surface area contributed by atoms with Crippen molar-refractivity contribution in [1.29, 1.82) is 0 Å². The molecule has 0 saturated heterocycles. The minimum absolute atomic E-state index is 0.0104. The number of carbonyl (C=O) groups is 3. The minimum Gasteiger partial charge on any atom is -0.324 e. The van der Waals surface area contributed by atoms with Gasteiger partial charge in [-0.2, -0.15) is 0 Å². The van der Waals surface area contributed by atoms with E-state index < -0.39 is 22.9 Å². The molecule has 0 fully saturated rings. The van der Waals surface area contributed by atoms with Gasteiger partial charge in [0.05, 0.1) is 16.0 Å². The standard InChI is InChI=1S/C31H25ClFN3O3S/c1-20(29(37)35-27-10-6-5-9-26(27)32)40-25-17-15-24(16-18-25)34-31(39)28(19-21-11-13-23(33)14-12-21)36-30(38)22-7-3-2-4-8-22/h2-20H,1H3,(H,34,39)(H,35,37)(H,36,38)/b28-19-. The molecule has 0 aliphatic rings. The van der Waals surface area contributed by atoms with Crippen molar-refractivity contribution < 1.29 is 18.8 Å². The van der Waals surface area contributed by atoms with Gasteiger partial charge in [-0.3, -0.25) is 14.4 Å². The van der Waals surface area contributed by atoms with Crippen LogP contribution in [0.5, 0.6) is 0 Å². The Bertz CT molecular complexity index is 1530. The number of para-hydroxylation sites is 1. The molecule has 0 spiro atoms. The lowest BCUT2D eigenvalue weighted by atomic mass is 10.1. The van der Waals surface area contributed by atoms with E-state index >= 15 is 0 Å². The van der Waals surface area contributed by atoms with Gasteiger partial charge < -0.3 is 16.0 Å². The topological polar surface area (TPSA) is 87.3 Å².